The van der Waals surface area contributed by atoms with Gasteiger partial charge in [-0.1, -0.05) is 12.1 Å². The zero-order chi connectivity index (χ0) is 22.2. The molecule has 0 amide bonds. The number of aromatic nitrogens is 1. The topological polar surface area (TPSA) is 95.5 Å². The first-order valence-electron chi connectivity index (χ1n) is 9.11. The molecule has 0 spiro atoms. The van der Waals surface area contributed by atoms with Gasteiger partial charge in [0, 0.05) is 39.1 Å². The molecule has 7 nitrogen and oxygen atoms in total. The molecule has 0 aliphatic rings. The molecule has 0 aliphatic heterocycles. The van der Waals surface area contributed by atoms with Crippen LogP contribution in [0.4, 0.5) is 19.0 Å². The fourth-order valence-electron chi connectivity index (χ4n) is 2.59. The quantitative estimate of drug-likeness (QED) is 0.329. The van der Waals surface area contributed by atoms with Gasteiger partial charge in [-0.2, -0.15) is 13.2 Å². The van der Waals surface area contributed by atoms with Crippen molar-refractivity contribution in [1.82, 2.24) is 15.6 Å². The zero-order valence-corrected chi connectivity index (χ0v) is 17.4. The molecule has 2 aromatic rings. The number of hydrogen-bond acceptors (Lipinski definition) is 5. The summed E-state index contributed by atoms with van der Waals surface area (Å²) in [5, 5.41) is 8.77. The predicted octanol–water partition coefficient (Wildman–Crippen LogP) is 2.32. The fraction of sp³-hybridized carbons (Fsp3) is 0.368. The van der Waals surface area contributed by atoms with E-state index in [1.807, 2.05) is 0 Å². The summed E-state index contributed by atoms with van der Waals surface area (Å²) in [7, 11) is -1.63. The van der Waals surface area contributed by atoms with Gasteiger partial charge in [-0.25, -0.2) is 13.4 Å². The molecule has 0 unspecified atom stereocenters. The first kappa shape index (κ1) is 23.5. The van der Waals surface area contributed by atoms with Crippen LogP contribution in [0, 0.1) is 0 Å². The summed E-state index contributed by atoms with van der Waals surface area (Å²) in [6.45, 7) is 1.09. The van der Waals surface area contributed by atoms with Crippen LogP contribution in [0.2, 0.25) is 0 Å². The van der Waals surface area contributed by atoms with Crippen LogP contribution in [0.15, 0.2) is 52.5 Å². The molecule has 0 bridgehead atoms. The Bertz CT molecular complexity index is 961. The lowest BCUT2D eigenvalue weighted by molar-refractivity contribution is -0.137. The summed E-state index contributed by atoms with van der Waals surface area (Å²) in [4.78, 5) is 8.07. The number of benzene rings is 1. The summed E-state index contributed by atoms with van der Waals surface area (Å²) >= 11 is 0. The van der Waals surface area contributed by atoms with Gasteiger partial charge in [0.25, 0.3) is 0 Å². The number of pyridine rings is 1. The molecule has 1 heterocycles. The van der Waals surface area contributed by atoms with Crippen LogP contribution < -0.4 is 16.0 Å². The molecule has 0 saturated heterocycles. The molecule has 164 valence electrons. The van der Waals surface area contributed by atoms with E-state index in [4.69, 9.17) is 0 Å². The first-order valence-corrected chi connectivity index (χ1v) is 11.0. The highest BCUT2D eigenvalue weighted by atomic mass is 32.2. The Labute approximate surface area is 173 Å². The van der Waals surface area contributed by atoms with E-state index in [1.165, 1.54) is 12.3 Å². The van der Waals surface area contributed by atoms with E-state index in [9.17, 15) is 21.6 Å². The molecule has 30 heavy (non-hydrogen) atoms. The smallest absolute Gasteiger partial charge is 0.368 e. The maximum Gasteiger partial charge on any atom is 0.419 e. The number of halogens is 3. The number of alkyl halides is 3. The molecule has 0 atom stereocenters. The molecule has 2 rings (SSSR count). The molecule has 0 radical (unpaired) electrons. The monoisotopic (exact) mass is 443 g/mol. The standard InChI is InChI=1S/C19H24F3N5O2S/c1-23-18(26-11-9-14-5-7-15(8-6-14)30(2,28)29)27-13-12-25-17-16(19(20,21)22)4-3-10-24-17/h3-8,10H,9,11-13H2,1-2H3,(H,24,25)(H2,23,26,27). The van der Waals surface area contributed by atoms with E-state index >= 15 is 0 Å². The van der Waals surface area contributed by atoms with Crippen molar-refractivity contribution in [3.8, 4) is 0 Å². The van der Waals surface area contributed by atoms with Crippen molar-refractivity contribution in [3.63, 3.8) is 0 Å². The van der Waals surface area contributed by atoms with E-state index in [1.54, 1.807) is 31.3 Å². The van der Waals surface area contributed by atoms with Gasteiger partial charge < -0.3 is 16.0 Å². The van der Waals surface area contributed by atoms with Crippen molar-refractivity contribution in [2.45, 2.75) is 17.5 Å². The van der Waals surface area contributed by atoms with Gasteiger partial charge in [0.2, 0.25) is 0 Å². The lowest BCUT2D eigenvalue weighted by atomic mass is 10.1. The highest BCUT2D eigenvalue weighted by molar-refractivity contribution is 7.90. The molecular weight excluding hydrogens is 419 g/mol. The van der Waals surface area contributed by atoms with Crippen LogP contribution in [0.5, 0.6) is 0 Å². The van der Waals surface area contributed by atoms with Crippen molar-refractivity contribution in [2.24, 2.45) is 4.99 Å². The SMILES string of the molecule is CN=C(NCCNc1ncccc1C(F)(F)F)NCCc1ccc(S(C)(=O)=O)cc1. The van der Waals surface area contributed by atoms with Crippen LogP contribution in [0.1, 0.15) is 11.1 Å². The van der Waals surface area contributed by atoms with E-state index in [0.29, 0.717) is 25.5 Å². The molecule has 0 fully saturated rings. The summed E-state index contributed by atoms with van der Waals surface area (Å²) in [6.07, 6.45) is -1.37. The third-order valence-corrected chi connectivity index (χ3v) is 5.23. The Morgan fingerprint density at radius 2 is 1.73 bits per heavy atom. The third-order valence-electron chi connectivity index (χ3n) is 4.10. The third kappa shape index (κ3) is 7.21. The Kier molecular flexibility index (Phi) is 8.04. The van der Waals surface area contributed by atoms with E-state index in [0.717, 1.165) is 17.9 Å². The molecule has 1 aromatic carbocycles. The van der Waals surface area contributed by atoms with Gasteiger partial charge in [0.05, 0.1) is 10.5 Å². The molecule has 11 heteroatoms. The molecule has 3 N–H and O–H groups in total. The second kappa shape index (κ2) is 10.3. The Balaban J connectivity index is 1.76. The van der Waals surface area contributed by atoms with Crippen LogP contribution in [-0.4, -0.2) is 52.3 Å². The van der Waals surface area contributed by atoms with Gasteiger partial charge in [-0.15, -0.1) is 0 Å². The average molecular weight is 443 g/mol. The lowest BCUT2D eigenvalue weighted by Gasteiger charge is -2.15. The number of aliphatic imine (C=N–C) groups is 1. The number of rotatable bonds is 8. The first-order chi connectivity index (χ1) is 14.1. The van der Waals surface area contributed by atoms with Gasteiger partial charge in [0.1, 0.15) is 5.82 Å². The predicted molar refractivity (Wildman–Crippen MR) is 110 cm³/mol. The second-order valence-corrected chi connectivity index (χ2v) is 8.43. The second-order valence-electron chi connectivity index (χ2n) is 6.42. The number of anilines is 1. The van der Waals surface area contributed by atoms with E-state index in [-0.39, 0.29) is 17.3 Å². The van der Waals surface area contributed by atoms with E-state index < -0.39 is 21.6 Å². The minimum atomic E-state index is -4.47. The fourth-order valence-corrected chi connectivity index (χ4v) is 3.22. The summed E-state index contributed by atoms with van der Waals surface area (Å²) in [5.41, 5.74) is 0.149. The lowest BCUT2D eigenvalue weighted by Crippen LogP contribution is -2.40. The van der Waals surface area contributed by atoms with Crippen molar-refractivity contribution >= 4 is 21.6 Å². The van der Waals surface area contributed by atoms with Crippen molar-refractivity contribution < 1.29 is 21.6 Å². The van der Waals surface area contributed by atoms with Gasteiger partial charge in [0.15, 0.2) is 15.8 Å². The van der Waals surface area contributed by atoms with Crippen LogP contribution in [-0.2, 0) is 22.4 Å². The summed E-state index contributed by atoms with van der Waals surface area (Å²) < 4.78 is 61.8. The van der Waals surface area contributed by atoms with Crippen molar-refractivity contribution in [1.29, 1.82) is 0 Å². The van der Waals surface area contributed by atoms with Crippen molar-refractivity contribution in [2.75, 3.05) is 38.3 Å². The van der Waals surface area contributed by atoms with Crippen LogP contribution in [0.3, 0.4) is 0 Å². The normalized spacial score (nSPS) is 12.5. The molecule has 0 aliphatic carbocycles. The Morgan fingerprint density at radius 1 is 1.07 bits per heavy atom. The number of sulfone groups is 1. The average Bonchev–Trinajstić information content (AvgIpc) is 2.69. The minimum absolute atomic E-state index is 0.215. The summed E-state index contributed by atoms with van der Waals surface area (Å²) in [5.74, 6) is 0.286. The van der Waals surface area contributed by atoms with E-state index in [2.05, 4.69) is 25.9 Å². The number of nitrogens with zero attached hydrogens (tertiary/aromatic N) is 2. The highest BCUT2D eigenvalue weighted by Gasteiger charge is 2.33. The number of guanidine groups is 1. The number of hydrogen-bond donors (Lipinski definition) is 3. The maximum atomic E-state index is 12.9. The Morgan fingerprint density at radius 3 is 2.33 bits per heavy atom. The molecule has 1 aromatic heterocycles. The summed E-state index contributed by atoms with van der Waals surface area (Å²) in [6, 6.07) is 8.86. The number of nitrogens with one attached hydrogen (secondary N) is 3. The Hall–Kier alpha value is -2.82. The van der Waals surface area contributed by atoms with Gasteiger partial charge in [-0.3, -0.25) is 4.99 Å². The van der Waals surface area contributed by atoms with Gasteiger partial charge >= 0.3 is 6.18 Å². The molecule has 0 saturated carbocycles. The molecular formula is C19H24F3N5O2S. The van der Waals surface area contributed by atoms with Gasteiger partial charge in [-0.05, 0) is 36.2 Å². The zero-order valence-electron chi connectivity index (χ0n) is 16.6. The van der Waals surface area contributed by atoms with Crippen molar-refractivity contribution in [3.05, 3.63) is 53.7 Å². The largest absolute Gasteiger partial charge is 0.419 e. The van der Waals surface area contributed by atoms with Crippen LogP contribution >= 0.6 is 0 Å². The maximum absolute atomic E-state index is 12.9. The highest BCUT2D eigenvalue weighted by Crippen LogP contribution is 2.33. The minimum Gasteiger partial charge on any atom is -0.368 e. The van der Waals surface area contributed by atoms with Crippen LogP contribution in [0.25, 0.3) is 0 Å².